The highest BCUT2D eigenvalue weighted by molar-refractivity contribution is 5.79. The predicted octanol–water partition coefficient (Wildman–Crippen LogP) is 3.61. The molecule has 0 radical (unpaired) electrons. The maximum atomic E-state index is 10.9. The summed E-state index contributed by atoms with van der Waals surface area (Å²) in [6, 6.07) is 12.8. The van der Waals surface area contributed by atoms with Crippen LogP contribution in [0, 0.1) is 20.2 Å². The number of hydrazone groups is 1. The van der Waals surface area contributed by atoms with Gasteiger partial charge in [0.1, 0.15) is 5.69 Å². The van der Waals surface area contributed by atoms with Crippen LogP contribution >= 0.6 is 0 Å². The predicted molar refractivity (Wildman–Crippen MR) is 87.3 cm³/mol. The number of rotatable bonds is 6. The van der Waals surface area contributed by atoms with Gasteiger partial charge in [0.15, 0.2) is 0 Å². The van der Waals surface area contributed by atoms with Crippen molar-refractivity contribution in [3.05, 3.63) is 80.4 Å². The van der Waals surface area contributed by atoms with Crippen LogP contribution in [0.1, 0.15) is 5.56 Å². The van der Waals surface area contributed by atoms with E-state index in [2.05, 4.69) is 10.5 Å². The molecule has 0 aliphatic carbocycles. The summed E-state index contributed by atoms with van der Waals surface area (Å²) >= 11 is 0. The molecule has 0 saturated carbocycles. The van der Waals surface area contributed by atoms with Gasteiger partial charge in [0.05, 0.1) is 15.9 Å². The molecule has 116 valence electrons. The van der Waals surface area contributed by atoms with E-state index in [1.807, 2.05) is 36.4 Å². The van der Waals surface area contributed by atoms with E-state index in [4.69, 9.17) is 0 Å². The highest BCUT2D eigenvalue weighted by atomic mass is 16.6. The van der Waals surface area contributed by atoms with Crippen LogP contribution in [0.15, 0.2) is 59.7 Å². The van der Waals surface area contributed by atoms with Crippen molar-refractivity contribution in [2.75, 3.05) is 5.43 Å². The maximum Gasteiger partial charge on any atom is 0.301 e. The van der Waals surface area contributed by atoms with E-state index in [-0.39, 0.29) is 11.4 Å². The van der Waals surface area contributed by atoms with Gasteiger partial charge in [-0.25, -0.2) is 0 Å². The SMILES string of the molecule is O=[N+]([O-])c1ccc(NN=CC=Cc2ccccc2)c([N+](=O)[O-])c1. The van der Waals surface area contributed by atoms with Crippen LogP contribution in [0.4, 0.5) is 17.1 Å². The number of allylic oxidation sites excluding steroid dienone is 1. The minimum absolute atomic E-state index is 0.0740. The second-order valence-corrected chi connectivity index (χ2v) is 4.38. The fourth-order valence-corrected chi connectivity index (χ4v) is 1.75. The standard InChI is InChI=1S/C15H12N4O4/c20-18(21)13-8-9-14(15(11-13)19(22)23)17-16-10-4-7-12-5-2-1-3-6-12/h1-11,17H. The molecule has 0 spiro atoms. The molecule has 0 fully saturated rings. The van der Waals surface area contributed by atoms with E-state index in [1.165, 1.54) is 18.3 Å². The van der Waals surface area contributed by atoms with Crippen molar-refractivity contribution >= 4 is 29.4 Å². The number of hydrogen-bond donors (Lipinski definition) is 1. The number of nitrogens with one attached hydrogen (secondary N) is 1. The Balaban J connectivity index is 2.08. The zero-order valence-corrected chi connectivity index (χ0v) is 11.8. The van der Waals surface area contributed by atoms with Gasteiger partial charge in [-0.1, -0.05) is 36.4 Å². The zero-order chi connectivity index (χ0) is 16.7. The van der Waals surface area contributed by atoms with Crippen LogP contribution in [0.5, 0.6) is 0 Å². The van der Waals surface area contributed by atoms with E-state index in [1.54, 1.807) is 6.08 Å². The van der Waals surface area contributed by atoms with Gasteiger partial charge in [0, 0.05) is 12.3 Å². The molecule has 2 rings (SSSR count). The molecular formula is C15H12N4O4. The van der Waals surface area contributed by atoms with Crippen LogP contribution < -0.4 is 5.43 Å². The van der Waals surface area contributed by atoms with Gasteiger partial charge < -0.3 is 0 Å². The van der Waals surface area contributed by atoms with E-state index in [0.717, 1.165) is 11.6 Å². The van der Waals surface area contributed by atoms with Crippen molar-refractivity contribution in [2.45, 2.75) is 0 Å². The van der Waals surface area contributed by atoms with Crippen molar-refractivity contribution in [1.82, 2.24) is 0 Å². The Hall–Kier alpha value is -3.55. The second kappa shape index (κ2) is 7.46. The third kappa shape index (κ3) is 4.46. The molecule has 0 amide bonds. The van der Waals surface area contributed by atoms with Gasteiger partial charge in [-0.05, 0) is 17.7 Å². The Morgan fingerprint density at radius 1 is 1.00 bits per heavy atom. The van der Waals surface area contributed by atoms with Gasteiger partial charge in [-0.3, -0.25) is 25.7 Å². The minimum Gasteiger partial charge on any atom is -0.272 e. The lowest BCUT2D eigenvalue weighted by molar-refractivity contribution is -0.393. The lowest BCUT2D eigenvalue weighted by Gasteiger charge is -2.01. The molecule has 2 aromatic rings. The highest BCUT2D eigenvalue weighted by Gasteiger charge is 2.18. The molecule has 0 heterocycles. The molecule has 0 aliphatic heterocycles. The molecule has 0 bridgehead atoms. The fourth-order valence-electron chi connectivity index (χ4n) is 1.75. The Labute approximate surface area is 131 Å². The average Bonchev–Trinajstić information content (AvgIpc) is 2.55. The van der Waals surface area contributed by atoms with Gasteiger partial charge >= 0.3 is 5.69 Å². The van der Waals surface area contributed by atoms with Gasteiger partial charge in [0.2, 0.25) is 0 Å². The molecule has 0 aromatic heterocycles. The Morgan fingerprint density at radius 2 is 1.74 bits per heavy atom. The summed E-state index contributed by atoms with van der Waals surface area (Å²) in [5.41, 5.74) is 2.80. The molecule has 8 nitrogen and oxygen atoms in total. The van der Waals surface area contributed by atoms with Crippen molar-refractivity contribution in [2.24, 2.45) is 5.10 Å². The Kier molecular flexibility index (Phi) is 5.13. The van der Waals surface area contributed by atoms with Gasteiger partial charge in [0.25, 0.3) is 5.69 Å². The Bertz CT molecular complexity index is 772. The summed E-state index contributed by atoms with van der Waals surface area (Å²) in [5.74, 6) is 0. The lowest BCUT2D eigenvalue weighted by Crippen LogP contribution is -1.98. The van der Waals surface area contributed by atoms with Crippen molar-refractivity contribution in [3.8, 4) is 0 Å². The number of nitro groups is 2. The largest absolute Gasteiger partial charge is 0.301 e. The molecule has 0 atom stereocenters. The third-order valence-corrected chi connectivity index (χ3v) is 2.82. The Morgan fingerprint density at radius 3 is 2.39 bits per heavy atom. The third-order valence-electron chi connectivity index (χ3n) is 2.82. The summed E-state index contributed by atoms with van der Waals surface area (Å²) in [4.78, 5) is 20.2. The van der Waals surface area contributed by atoms with Crippen LogP contribution in [-0.2, 0) is 0 Å². The van der Waals surface area contributed by atoms with Crippen molar-refractivity contribution in [1.29, 1.82) is 0 Å². The van der Waals surface area contributed by atoms with Crippen LogP contribution in [-0.4, -0.2) is 16.1 Å². The van der Waals surface area contributed by atoms with E-state index < -0.39 is 15.5 Å². The molecule has 2 aromatic carbocycles. The first-order valence-corrected chi connectivity index (χ1v) is 6.51. The smallest absolute Gasteiger partial charge is 0.272 e. The normalized spacial score (nSPS) is 11.0. The number of hydrogen-bond acceptors (Lipinski definition) is 6. The monoisotopic (exact) mass is 312 g/mol. The van der Waals surface area contributed by atoms with Crippen molar-refractivity contribution in [3.63, 3.8) is 0 Å². The molecule has 0 unspecified atom stereocenters. The zero-order valence-electron chi connectivity index (χ0n) is 11.8. The number of nitrogens with zero attached hydrogens (tertiary/aromatic N) is 3. The van der Waals surface area contributed by atoms with Gasteiger partial charge in [-0.15, -0.1) is 0 Å². The fraction of sp³-hybridized carbons (Fsp3) is 0. The topological polar surface area (TPSA) is 111 Å². The summed E-state index contributed by atoms with van der Waals surface area (Å²) in [6.07, 6.45) is 4.91. The number of benzene rings is 2. The van der Waals surface area contributed by atoms with Crippen LogP contribution in [0.3, 0.4) is 0 Å². The van der Waals surface area contributed by atoms with Crippen LogP contribution in [0.25, 0.3) is 6.08 Å². The molecule has 1 N–H and O–H groups in total. The summed E-state index contributed by atoms with van der Waals surface area (Å²) in [7, 11) is 0. The number of anilines is 1. The minimum atomic E-state index is -0.704. The summed E-state index contributed by atoms with van der Waals surface area (Å²) < 4.78 is 0. The van der Waals surface area contributed by atoms with E-state index >= 15 is 0 Å². The first kappa shape index (κ1) is 15.8. The molecule has 0 saturated heterocycles. The molecule has 23 heavy (non-hydrogen) atoms. The lowest BCUT2D eigenvalue weighted by atomic mass is 10.2. The molecular weight excluding hydrogens is 300 g/mol. The van der Waals surface area contributed by atoms with Gasteiger partial charge in [-0.2, -0.15) is 5.10 Å². The number of non-ortho nitro benzene ring substituents is 1. The summed E-state index contributed by atoms with van der Waals surface area (Å²) in [5, 5.41) is 25.4. The average molecular weight is 312 g/mol. The first-order valence-electron chi connectivity index (χ1n) is 6.51. The van der Waals surface area contributed by atoms with E-state index in [0.29, 0.717) is 0 Å². The van der Waals surface area contributed by atoms with Crippen LogP contribution in [0.2, 0.25) is 0 Å². The second-order valence-electron chi connectivity index (χ2n) is 4.38. The molecule has 8 heteroatoms. The number of nitro benzene ring substituents is 2. The molecule has 0 aliphatic rings. The highest BCUT2D eigenvalue weighted by Crippen LogP contribution is 2.28. The summed E-state index contributed by atoms with van der Waals surface area (Å²) in [6.45, 7) is 0. The van der Waals surface area contributed by atoms with E-state index in [9.17, 15) is 20.2 Å². The first-order chi connectivity index (χ1) is 11.1. The quantitative estimate of drug-likeness (QED) is 0.497. The maximum absolute atomic E-state index is 10.9. The van der Waals surface area contributed by atoms with Crippen molar-refractivity contribution < 1.29 is 9.85 Å².